The molecular weight excluding hydrogens is 226 g/mol. The minimum Gasteiger partial charge on any atom is -0.307 e. The van der Waals surface area contributed by atoms with Gasteiger partial charge in [-0.05, 0) is 30.9 Å². The summed E-state index contributed by atoms with van der Waals surface area (Å²) in [5.74, 6) is 0. The second-order valence-corrected chi connectivity index (χ2v) is 4.61. The molecule has 0 amide bonds. The van der Waals surface area contributed by atoms with E-state index in [1.54, 1.807) is 6.20 Å². The molecule has 0 aliphatic heterocycles. The molecule has 2 aromatic heterocycles. The van der Waals surface area contributed by atoms with Gasteiger partial charge in [-0.1, -0.05) is 11.3 Å². The van der Waals surface area contributed by atoms with Crippen molar-refractivity contribution in [3.63, 3.8) is 0 Å². The molecule has 0 saturated carbocycles. The first-order chi connectivity index (χ1) is 8.93. The van der Waals surface area contributed by atoms with Crippen molar-refractivity contribution in [3.8, 4) is 0 Å². The number of aromatic nitrogens is 4. The molecule has 0 aromatic carbocycles. The zero-order valence-electron chi connectivity index (χ0n) is 10.3. The Bertz CT molecular complexity index is 494. The van der Waals surface area contributed by atoms with E-state index in [0.29, 0.717) is 6.04 Å². The van der Waals surface area contributed by atoms with Crippen molar-refractivity contribution < 1.29 is 0 Å². The van der Waals surface area contributed by atoms with Crippen LogP contribution >= 0.6 is 0 Å². The maximum Gasteiger partial charge on any atom is 0.0692 e. The van der Waals surface area contributed by atoms with Gasteiger partial charge < -0.3 is 5.32 Å². The van der Waals surface area contributed by atoms with Crippen LogP contribution in [0.3, 0.4) is 0 Å². The summed E-state index contributed by atoms with van der Waals surface area (Å²) in [5.41, 5.74) is 2.62. The lowest BCUT2D eigenvalue weighted by Crippen LogP contribution is -2.29. The Morgan fingerprint density at radius 2 is 2.39 bits per heavy atom. The van der Waals surface area contributed by atoms with E-state index >= 15 is 0 Å². The Hall–Kier alpha value is -1.75. The highest BCUT2D eigenvalue weighted by Crippen LogP contribution is 2.27. The fourth-order valence-electron chi connectivity index (χ4n) is 2.51. The summed E-state index contributed by atoms with van der Waals surface area (Å²) in [4.78, 5) is 4.52. The average molecular weight is 243 g/mol. The van der Waals surface area contributed by atoms with Crippen LogP contribution in [0.1, 0.15) is 30.1 Å². The van der Waals surface area contributed by atoms with Crippen LogP contribution in [0.5, 0.6) is 0 Å². The third kappa shape index (κ3) is 2.41. The Kier molecular flexibility index (Phi) is 3.32. The predicted molar refractivity (Wildman–Crippen MR) is 67.9 cm³/mol. The molecule has 0 radical (unpaired) electrons. The van der Waals surface area contributed by atoms with Crippen LogP contribution in [0.4, 0.5) is 0 Å². The van der Waals surface area contributed by atoms with Crippen molar-refractivity contribution in [3.05, 3.63) is 42.0 Å². The summed E-state index contributed by atoms with van der Waals surface area (Å²) >= 11 is 0. The van der Waals surface area contributed by atoms with Crippen LogP contribution < -0.4 is 5.32 Å². The van der Waals surface area contributed by atoms with Crippen LogP contribution in [-0.4, -0.2) is 26.5 Å². The van der Waals surface area contributed by atoms with Crippen LogP contribution in [0.15, 0.2) is 30.7 Å². The summed E-state index contributed by atoms with van der Waals surface area (Å²) in [6, 6.07) is 4.60. The number of rotatable bonds is 4. The summed E-state index contributed by atoms with van der Waals surface area (Å²) in [6.45, 7) is 1.74. The topological polar surface area (TPSA) is 55.6 Å². The van der Waals surface area contributed by atoms with E-state index in [-0.39, 0.29) is 0 Å². The van der Waals surface area contributed by atoms with E-state index in [4.69, 9.17) is 0 Å². The molecule has 0 spiro atoms. The first-order valence-electron chi connectivity index (χ1n) is 6.45. The first kappa shape index (κ1) is 11.3. The lowest BCUT2D eigenvalue weighted by atomic mass is 9.92. The highest BCUT2D eigenvalue weighted by atomic mass is 15.4. The van der Waals surface area contributed by atoms with Crippen molar-refractivity contribution in [2.24, 2.45) is 0 Å². The van der Waals surface area contributed by atoms with E-state index in [0.717, 1.165) is 19.5 Å². The van der Waals surface area contributed by atoms with Gasteiger partial charge in [-0.3, -0.25) is 9.67 Å². The molecule has 1 aliphatic rings. The van der Waals surface area contributed by atoms with E-state index < -0.39 is 0 Å². The van der Waals surface area contributed by atoms with Crippen LogP contribution in [0, 0.1) is 0 Å². The van der Waals surface area contributed by atoms with Gasteiger partial charge >= 0.3 is 0 Å². The minimum atomic E-state index is 0.387. The monoisotopic (exact) mass is 243 g/mol. The molecule has 0 fully saturated rings. The number of hydrogen-bond donors (Lipinski definition) is 1. The second kappa shape index (κ2) is 5.27. The highest BCUT2D eigenvalue weighted by molar-refractivity contribution is 5.25. The summed E-state index contributed by atoms with van der Waals surface area (Å²) in [6.07, 6.45) is 9.04. The van der Waals surface area contributed by atoms with Gasteiger partial charge in [0, 0.05) is 25.0 Å². The normalized spacial score (nSPS) is 18.6. The number of aryl methyl sites for hydroxylation is 1. The molecule has 0 bridgehead atoms. The van der Waals surface area contributed by atoms with Crippen LogP contribution in [-0.2, 0) is 13.0 Å². The third-order valence-corrected chi connectivity index (χ3v) is 3.40. The first-order valence-corrected chi connectivity index (χ1v) is 6.45. The number of nitrogens with zero attached hydrogens (tertiary/aromatic N) is 4. The fourth-order valence-corrected chi connectivity index (χ4v) is 2.51. The largest absolute Gasteiger partial charge is 0.307 e. The molecule has 1 aliphatic carbocycles. The van der Waals surface area contributed by atoms with Gasteiger partial charge in [0.05, 0.1) is 18.4 Å². The molecule has 5 heteroatoms. The van der Waals surface area contributed by atoms with Gasteiger partial charge in [-0.15, -0.1) is 5.10 Å². The van der Waals surface area contributed by atoms with Crippen molar-refractivity contribution in [1.29, 1.82) is 0 Å². The number of fused-ring (bicyclic) bond motifs is 1. The summed E-state index contributed by atoms with van der Waals surface area (Å²) in [7, 11) is 0. The van der Waals surface area contributed by atoms with Gasteiger partial charge in [0.15, 0.2) is 0 Å². The summed E-state index contributed by atoms with van der Waals surface area (Å²) < 4.78 is 1.84. The zero-order valence-corrected chi connectivity index (χ0v) is 10.3. The van der Waals surface area contributed by atoms with E-state index in [1.807, 2.05) is 23.1 Å². The Morgan fingerprint density at radius 1 is 1.39 bits per heavy atom. The Labute approximate surface area is 106 Å². The Balaban J connectivity index is 1.60. The SMILES string of the molecule is c1cnc2c(c1)CCCC2NCCn1ccnn1. The lowest BCUT2D eigenvalue weighted by molar-refractivity contribution is 0.426. The minimum absolute atomic E-state index is 0.387. The van der Waals surface area contributed by atoms with Crippen LogP contribution in [0.25, 0.3) is 0 Å². The maximum atomic E-state index is 4.52. The third-order valence-electron chi connectivity index (χ3n) is 3.40. The van der Waals surface area contributed by atoms with Gasteiger partial charge in [0.1, 0.15) is 0 Å². The van der Waals surface area contributed by atoms with Gasteiger partial charge in [-0.2, -0.15) is 0 Å². The summed E-state index contributed by atoms with van der Waals surface area (Å²) in [5, 5.41) is 11.3. The quantitative estimate of drug-likeness (QED) is 0.880. The van der Waals surface area contributed by atoms with Gasteiger partial charge in [0.25, 0.3) is 0 Å². The smallest absolute Gasteiger partial charge is 0.0692 e. The highest BCUT2D eigenvalue weighted by Gasteiger charge is 2.20. The number of pyridine rings is 1. The van der Waals surface area contributed by atoms with Gasteiger partial charge in [0.2, 0.25) is 0 Å². The molecule has 94 valence electrons. The molecule has 18 heavy (non-hydrogen) atoms. The van der Waals surface area contributed by atoms with Crippen molar-refractivity contribution in [1.82, 2.24) is 25.3 Å². The Morgan fingerprint density at radius 3 is 3.28 bits per heavy atom. The van der Waals surface area contributed by atoms with Crippen molar-refractivity contribution in [2.45, 2.75) is 31.8 Å². The standard InChI is InChI=1S/C13H17N5/c1-3-11-4-2-6-15-13(11)12(5-1)14-7-9-18-10-8-16-17-18/h2,4,6,8,10,12,14H,1,3,5,7,9H2. The van der Waals surface area contributed by atoms with E-state index in [9.17, 15) is 0 Å². The van der Waals surface area contributed by atoms with Crippen molar-refractivity contribution in [2.75, 3.05) is 6.54 Å². The molecule has 2 heterocycles. The van der Waals surface area contributed by atoms with Crippen LogP contribution in [0.2, 0.25) is 0 Å². The fraction of sp³-hybridized carbons (Fsp3) is 0.462. The molecule has 1 N–H and O–H groups in total. The van der Waals surface area contributed by atoms with E-state index in [2.05, 4.69) is 26.7 Å². The molecule has 5 nitrogen and oxygen atoms in total. The molecule has 1 atom stereocenters. The number of nitrogens with one attached hydrogen (secondary N) is 1. The zero-order chi connectivity index (χ0) is 12.2. The predicted octanol–water partition coefficient (Wildman–Crippen LogP) is 1.34. The molecule has 2 aromatic rings. The maximum absolute atomic E-state index is 4.52. The second-order valence-electron chi connectivity index (χ2n) is 4.61. The van der Waals surface area contributed by atoms with Crippen molar-refractivity contribution >= 4 is 0 Å². The lowest BCUT2D eigenvalue weighted by Gasteiger charge is -2.25. The average Bonchev–Trinajstić information content (AvgIpc) is 2.92. The number of hydrogen-bond acceptors (Lipinski definition) is 4. The molecule has 1 unspecified atom stereocenters. The molecular formula is C13H17N5. The molecule has 3 rings (SSSR count). The van der Waals surface area contributed by atoms with Gasteiger partial charge in [-0.25, -0.2) is 0 Å². The molecule has 0 saturated heterocycles. The van der Waals surface area contributed by atoms with E-state index in [1.165, 1.54) is 24.1 Å².